The Kier molecular flexibility index (Phi) is 6.95. The highest BCUT2D eigenvalue weighted by Crippen LogP contribution is 2.18. The maximum Gasteiger partial charge on any atom is 0.271 e. The number of carbonyl (C=O) groups is 1. The van der Waals surface area contributed by atoms with Crippen molar-refractivity contribution in [2.45, 2.75) is 37.8 Å². The average Bonchev–Trinajstić information content (AvgIpc) is 3.24. The number of aryl methyl sites for hydroxylation is 1. The lowest BCUT2D eigenvalue weighted by molar-refractivity contribution is 0.0943. The predicted molar refractivity (Wildman–Crippen MR) is 114 cm³/mol. The lowest BCUT2D eigenvalue weighted by Gasteiger charge is -2.09. The molecule has 158 valence electrons. The zero-order valence-electron chi connectivity index (χ0n) is 16.2. The number of hydrogen-bond donors (Lipinski definition) is 2. The predicted octanol–water partition coefficient (Wildman–Crippen LogP) is 2.23. The topological polar surface area (TPSA) is 123 Å². The molecule has 3 aromatic rings. The van der Waals surface area contributed by atoms with Crippen LogP contribution in [0.5, 0.6) is 0 Å². The number of anilines is 1. The lowest BCUT2D eigenvalue weighted by atomic mass is 10.2. The molecule has 0 unspecified atom stereocenters. The van der Waals surface area contributed by atoms with Crippen molar-refractivity contribution < 1.29 is 13.2 Å². The molecule has 0 aliphatic rings. The maximum absolute atomic E-state index is 12.4. The van der Waals surface area contributed by atoms with Crippen LogP contribution in [0.2, 0.25) is 0 Å². The van der Waals surface area contributed by atoms with Crippen molar-refractivity contribution in [2.24, 2.45) is 0 Å². The number of nitrogens with zero attached hydrogens (tertiary/aromatic N) is 3. The molecule has 0 radical (unpaired) electrons. The highest BCUT2D eigenvalue weighted by atomic mass is 32.2. The van der Waals surface area contributed by atoms with Gasteiger partial charge in [0, 0.05) is 30.7 Å². The third-order valence-electron chi connectivity index (χ3n) is 4.16. The minimum absolute atomic E-state index is 0.0949. The number of carbonyl (C=O) groups excluding carboxylic acids is 1. The molecule has 0 atom stereocenters. The molecule has 2 N–H and O–H groups in total. The van der Waals surface area contributed by atoms with E-state index in [1.807, 2.05) is 6.92 Å². The fourth-order valence-corrected chi connectivity index (χ4v) is 4.33. The van der Waals surface area contributed by atoms with Gasteiger partial charge in [0.05, 0.1) is 4.90 Å². The number of hydrogen-bond acceptors (Lipinski definition) is 7. The van der Waals surface area contributed by atoms with Gasteiger partial charge in [-0.25, -0.2) is 18.1 Å². The number of benzene rings is 1. The Balaban J connectivity index is 1.62. The van der Waals surface area contributed by atoms with E-state index in [-0.39, 0.29) is 22.7 Å². The molecule has 1 aromatic carbocycles. The number of sulfonamides is 1. The second kappa shape index (κ2) is 9.63. The van der Waals surface area contributed by atoms with Crippen molar-refractivity contribution >= 4 is 32.4 Å². The molecule has 0 spiro atoms. The first-order chi connectivity index (χ1) is 14.4. The maximum atomic E-state index is 12.4. The van der Waals surface area contributed by atoms with E-state index in [4.69, 9.17) is 0 Å². The summed E-state index contributed by atoms with van der Waals surface area (Å²) in [6.45, 7) is 2.66. The SMILES string of the molecule is CCCCn1nc(C(=O)NCc2ccc(S(=O)(=O)Nc3nccs3)cc2)ccc1=O. The Bertz CT molecular complexity index is 1160. The molecule has 0 aliphatic carbocycles. The second-order valence-corrected chi connectivity index (χ2v) is 8.98. The average molecular weight is 448 g/mol. The Hall–Kier alpha value is -3.05. The summed E-state index contributed by atoms with van der Waals surface area (Å²) in [6.07, 6.45) is 3.22. The molecule has 1 amide bonds. The summed E-state index contributed by atoms with van der Waals surface area (Å²) in [5, 5.41) is 8.79. The van der Waals surface area contributed by atoms with Crippen LogP contribution in [0.25, 0.3) is 0 Å². The number of rotatable bonds is 9. The molecule has 11 heteroatoms. The van der Waals surface area contributed by atoms with Gasteiger partial charge in [-0.1, -0.05) is 25.5 Å². The number of nitrogens with one attached hydrogen (secondary N) is 2. The van der Waals surface area contributed by atoms with Crippen LogP contribution in [0.4, 0.5) is 5.13 Å². The molecule has 9 nitrogen and oxygen atoms in total. The highest BCUT2D eigenvalue weighted by Gasteiger charge is 2.15. The van der Waals surface area contributed by atoms with E-state index >= 15 is 0 Å². The van der Waals surface area contributed by atoms with Crippen molar-refractivity contribution in [1.29, 1.82) is 0 Å². The van der Waals surface area contributed by atoms with Crippen LogP contribution in [0.3, 0.4) is 0 Å². The summed E-state index contributed by atoms with van der Waals surface area (Å²) in [4.78, 5) is 28.2. The van der Waals surface area contributed by atoms with Gasteiger partial charge in [-0.05, 0) is 30.2 Å². The van der Waals surface area contributed by atoms with Gasteiger partial charge in [-0.3, -0.25) is 14.3 Å². The van der Waals surface area contributed by atoms with E-state index in [0.29, 0.717) is 11.7 Å². The fourth-order valence-electron chi connectivity index (χ4n) is 2.55. The molecular formula is C19H21N5O4S2. The molecular weight excluding hydrogens is 426 g/mol. The van der Waals surface area contributed by atoms with Crippen LogP contribution in [0.1, 0.15) is 35.8 Å². The minimum atomic E-state index is -3.72. The van der Waals surface area contributed by atoms with Gasteiger partial charge in [-0.2, -0.15) is 5.10 Å². The van der Waals surface area contributed by atoms with Crippen molar-refractivity contribution in [1.82, 2.24) is 20.1 Å². The third kappa shape index (κ3) is 5.51. The van der Waals surface area contributed by atoms with Crippen molar-refractivity contribution in [3.8, 4) is 0 Å². The van der Waals surface area contributed by atoms with Crippen LogP contribution < -0.4 is 15.6 Å². The second-order valence-electron chi connectivity index (χ2n) is 6.40. The summed E-state index contributed by atoms with van der Waals surface area (Å²) < 4.78 is 28.4. The Morgan fingerprint density at radius 2 is 1.93 bits per heavy atom. The van der Waals surface area contributed by atoms with Crippen LogP contribution >= 0.6 is 11.3 Å². The first-order valence-electron chi connectivity index (χ1n) is 9.26. The Labute approximate surface area is 177 Å². The van der Waals surface area contributed by atoms with Crippen molar-refractivity contribution in [3.05, 3.63) is 69.6 Å². The van der Waals surface area contributed by atoms with Crippen molar-refractivity contribution in [3.63, 3.8) is 0 Å². The molecule has 0 bridgehead atoms. The molecule has 0 aliphatic heterocycles. The number of unbranched alkanes of at least 4 members (excludes halogenated alkanes) is 1. The summed E-state index contributed by atoms with van der Waals surface area (Å²) in [5.41, 5.74) is 0.622. The van der Waals surface area contributed by atoms with E-state index < -0.39 is 15.9 Å². The number of amides is 1. The quantitative estimate of drug-likeness (QED) is 0.519. The van der Waals surface area contributed by atoms with Gasteiger partial charge < -0.3 is 5.32 Å². The van der Waals surface area contributed by atoms with Gasteiger partial charge in [-0.15, -0.1) is 11.3 Å². The van der Waals surface area contributed by atoms with Crippen LogP contribution in [-0.4, -0.2) is 29.1 Å². The Morgan fingerprint density at radius 1 is 1.17 bits per heavy atom. The summed E-state index contributed by atoms with van der Waals surface area (Å²) >= 11 is 1.19. The summed E-state index contributed by atoms with van der Waals surface area (Å²) in [6, 6.07) is 8.87. The molecule has 0 saturated heterocycles. The van der Waals surface area contributed by atoms with Crippen LogP contribution in [0.15, 0.2) is 57.7 Å². The van der Waals surface area contributed by atoms with E-state index in [1.54, 1.807) is 17.5 Å². The minimum Gasteiger partial charge on any atom is -0.347 e. The van der Waals surface area contributed by atoms with Gasteiger partial charge in [0.1, 0.15) is 5.69 Å². The fraction of sp³-hybridized carbons (Fsp3) is 0.263. The van der Waals surface area contributed by atoms with E-state index in [1.165, 1.54) is 46.5 Å². The van der Waals surface area contributed by atoms with E-state index in [0.717, 1.165) is 18.4 Å². The molecule has 0 saturated carbocycles. The third-order valence-corrected chi connectivity index (χ3v) is 6.34. The highest BCUT2D eigenvalue weighted by molar-refractivity contribution is 7.93. The molecule has 0 fully saturated rings. The largest absolute Gasteiger partial charge is 0.347 e. The lowest BCUT2D eigenvalue weighted by Crippen LogP contribution is -2.29. The smallest absolute Gasteiger partial charge is 0.271 e. The van der Waals surface area contributed by atoms with Gasteiger partial charge >= 0.3 is 0 Å². The zero-order chi connectivity index (χ0) is 21.6. The Morgan fingerprint density at radius 3 is 2.60 bits per heavy atom. The van der Waals surface area contributed by atoms with Crippen LogP contribution in [0, 0.1) is 0 Å². The molecule has 30 heavy (non-hydrogen) atoms. The normalized spacial score (nSPS) is 11.2. The van der Waals surface area contributed by atoms with Gasteiger partial charge in [0.2, 0.25) is 0 Å². The van der Waals surface area contributed by atoms with Gasteiger partial charge in [0.25, 0.3) is 21.5 Å². The molecule has 2 aromatic heterocycles. The van der Waals surface area contributed by atoms with Crippen LogP contribution in [-0.2, 0) is 23.1 Å². The van der Waals surface area contributed by atoms with E-state index in [2.05, 4.69) is 20.1 Å². The standard InChI is InChI=1S/C19H21N5O4S2/c1-2-3-11-24-17(25)9-8-16(22-24)18(26)21-13-14-4-6-15(7-5-14)30(27,28)23-19-20-10-12-29-19/h4-10,12H,2-3,11,13H2,1H3,(H,20,23)(H,21,26). The van der Waals surface area contributed by atoms with E-state index in [9.17, 15) is 18.0 Å². The number of aromatic nitrogens is 3. The molecule has 2 heterocycles. The van der Waals surface area contributed by atoms with Gasteiger partial charge in [0.15, 0.2) is 5.13 Å². The number of thiazole rings is 1. The molecule has 3 rings (SSSR count). The first-order valence-corrected chi connectivity index (χ1v) is 11.6. The first kappa shape index (κ1) is 21.7. The zero-order valence-corrected chi connectivity index (χ0v) is 17.9. The monoisotopic (exact) mass is 447 g/mol. The summed E-state index contributed by atoms with van der Waals surface area (Å²) in [7, 11) is -3.72. The van der Waals surface area contributed by atoms with Crippen molar-refractivity contribution in [2.75, 3.05) is 4.72 Å². The summed E-state index contributed by atoms with van der Waals surface area (Å²) in [5.74, 6) is -0.414.